The normalized spacial score (nSPS) is 18.3. The van der Waals surface area contributed by atoms with Crippen molar-refractivity contribution in [3.8, 4) is 17.2 Å². The molecule has 5 rings (SSSR count). The highest BCUT2D eigenvalue weighted by atomic mass is 35.5. The van der Waals surface area contributed by atoms with Crippen LogP contribution in [0.5, 0.6) is 0 Å². The SMILES string of the molecule is COC(=O)Cc1ccc(C2=CN=C([C@]3(O)CCc4cc(-c5cc(Cl)ccc5C#N)c[n+]([O-])c43)C2)cc1. The molecule has 36 heavy (non-hydrogen) atoms. The second kappa shape index (κ2) is 9.23. The Labute approximate surface area is 213 Å². The van der Waals surface area contributed by atoms with Crippen LogP contribution in [0.1, 0.15) is 40.8 Å². The maximum Gasteiger partial charge on any atom is 0.309 e. The number of nitriles is 1. The number of aromatic nitrogens is 1. The van der Waals surface area contributed by atoms with Crippen molar-refractivity contribution in [1.29, 1.82) is 5.26 Å². The quantitative estimate of drug-likeness (QED) is 0.320. The van der Waals surface area contributed by atoms with Gasteiger partial charge in [0.15, 0.2) is 11.8 Å². The number of hydrogen-bond acceptors (Lipinski definition) is 6. The van der Waals surface area contributed by atoms with Gasteiger partial charge >= 0.3 is 5.97 Å². The molecular formula is C28H22ClN3O4. The maximum absolute atomic E-state index is 13.2. The molecule has 1 aliphatic heterocycles. The zero-order valence-electron chi connectivity index (χ0n) is 19.5. The molecule has 2 aliphatic rings. The van der Waals surface area contributed by atoms with Gasteiger partial charge in [-0.15, -0.1) is 0 Å². The lowest BCUT2D eigenvalue weighted by molar-refractivity contribution is -0.619. The smallest absolute Gasteiger partial charge is 0.309 e. The molecule has 0 fully saturated rings. The largest absolute Gasteiger partial charge is 0.618 e. The standard InChI is InChI=1S/C28H22ClN3O4/c1-36-26(33)10-17-2-4-18(5-3-17)21-12-25(31-15-21)28(34)9-8-19-11-22(16-32(35)27(19)28)24-13-23(29)7-6-20(24)14-30/h2-7,11,13,15-16,34H,8-10,12H2,1H3/t28-/m1/s1. The van der Waals surface area contributed by atoms with Crippen LogP contribution in [-0.2, 0) is 28.0 Å². The number of benzene rings is 2. The number of aliphatic imine (C=N–C) groups is 1. The lowest BCUT2D eigenvalue weighted by Crippen LogP contribution is -2.45. The van der Waals surface area contributed by atoms with Gasteiger partial charge in [-0.1, -0.05) is 35.9 Å². The summed E-state index contributed by atoms with van der Waals surface area (Å²) in [5.74, 6) is -0.302. The third-order valence-corrected chi connectivity index (χ3v) is 7.02. The van der Waals surface area contributed by atoms with Gasteiger partial charge in [-0.2, -0.15) is 9.99 Å². The summed E-state index contributed by atoms with van der Waals surface area (Å²) in [5, 5.41) is 34.8. The molecule has 1 N–H and O–H groups in total. The predicted octanol–water partition coefficient (Wildman–Crippen LogP) is 4.25. The van der Waals surface area contributed by atoms with Crippen molar-refractivity contribution in [3.05, 3.63) is 99.1 Å². The van der Waals surface area contributed by atoms with E-state index in [4.69, 9.17) is 16.3 Å². The van der Waals surface area contributed by atoms with Crippen molar-refractivity contribution in [2.45, 2.75) is 31.3 Å². The summed E-state index contributed by atoms with van der Waals surface area (Å²) in [6.07, 6.45) is 4.54. The summed E-state index contributed by atoms with van der Waals surface area (Å²) in [7, 11) is 1.36. The highest BCUT2D eigenvalue weighted by Gasteiger charge is 2.49. The molecule has 3 aromatic rings. The molecule has 0 saturated carbocycles. The van der Waals surface area contributed by atoms with Gasteiger partial charge in [-0.3, -0.25) is 9.79 Å². The Kier molecular flexibility index (Phi) is 6.09. The summed E-state index contributed by atoms with van der Waals surface area (Å²) in [6, 6.07) is 16.5. The third-order valence-electron chi connectivity index (χ3n) is 6.78. The minimum Gasteiger partial charge on any atom is -0.618 e. The molecule has 0 radical (unpaired) electrons. The van der Waals surface area contributed by atoms with Crippen molar-refractivity contribution in [1.82, 2.24) is 0 Å². The number of carbonyl (C=O) groups excluding carboxylic acids is 1. The number of ether oxygens (including phenoxy) is 1. The summed E-state index contributed by atoms with van der Waals surface area (Å²) < 4.78 is 5.41. The van der Waals surface area contributed by atoms with Crippen molar-refractivity contribution in [2.24, 2.45) is 4.99 Å². The Hall–Kier alpha value is -3.99. The van der Waals surface area contributed by atoms with E-state index < -0.39 is 5.60 Å². The molecule has 1 aliphatic carbocycles. The molecule has 0 spiro atoms. The summed E-state index contributed by atoms with van der Waals surface area (Å²) in [5.41, 5.74) is 4.29. The fraction of sp³-hybridized carbons (Fsp3) is 0.214. The first kappa shape index (κ1) is 23.7. The molecule has 2 heterocycles. The van der Waals surface area contributed by atoms with Gasteiger partial charge in [-0.25, -0.2) is 0 Å². The zero-order valence-corrected chi connectivity index (χ0v) is 20.2. The van der Waals surface area contributed by atoms with Crippen LogP contribution in [0, 0.1) is 16.5 Å². The molecule has 1 atom stereocenters. The van der Waals surface area contributed by atoms with Crippen LogP contribution in [-0.4, -0.2) is 23.9 Å². The van der Waals surface area contributed by atoms with E-state index in [0.717, 1.165) is 22.3 Å². The summed E-state index contributed by atoms with van der Waals surface area (Å²) in [6.45, 7) is 0. The predicted molar refractivity (Wildman–Crippen MR) is 135 cm³/mol. The Bertz CT molecular complexity index is 1490. The van der Waals surface area contributed by atoms with Crippen LogP contribution in [0.4, 0.5) is 0 Å². The maximum atomic E-state index is 13.2. The number of aryl methyl sites for hydroxylation is 1. The van der Waals surface area contributed by atoms with Crippen LogP contribution in [0.2, 0.25) is 5.02 Å². The van der Waals surface area contributed by atoms with Gasteiger partial charge in [0.05, 0.1) is 30.9 Å². The van der Waals surface area contributed by atoms with Gasteiger partial charge in [0, 0.05) is 34.3 Å². The summed E-state index contributed by atoms with van der Waals surface area (Å²) in [4.78, 5) is 16.0. The number of nitrogens with zero attached hydrogens (tertiary/aromatic N) is 3. The second-order valence-corrected chi connectivity index (χ2v) is 9.38. The minimum atomic E-state index is -1.48. The fourth-order valence-corrected chi connectivity index (χ4v) is 5.08. The molecule has 1 aromatic heterocycles. The highest BCUT2D eigenvalue weighted by Crippen LogP contribution is 2.42. The molecule has 7 nitrogen and oxygen atoms in total. The monoisotopic (exact) mass is 499 g/mol. The van der Waals surface area contributed by atoms with E-state index in [9.17, 15) is 20.4 Å². The number of pyridine rings is 1. The first-order valence-corrected chi connectivity index (χ1v) is 11.8. The first-order valence-electron chi connectivity index (χ1n) is 11.4. The second-order valence-electron chi connectivity index (χ2n) is 8.95. The molecular weight excluding hydrogens is 478 g/mol. The molecule has 2 aromatic carbocycles. The number of fused-ring (bicyclic) bond motifs is 1. The van der Waals surface area contributed by atoms with E-state index in [1.54, 1.807) is 24.4 Å². The Morgan fingerprint density at radius 1 is 1.25 bits per heavy atom. The number of aliphatic hydroxyl groups is 1. The van der Waals surface area contributed by atoms with Crippen molar-refractivity contribution < 1.29 is 19.4 Å². The van der Waals surface area contributed by atoms with E-state index in [2.05, 4.69) is 11.1 Å². The van der Waals surface area contributed by atoms with Crippen molar-refractivity contribution >= 4 is 28.9 Å². The Balaban J connectivity index is 1.40. The number of rotatable bonds is 5. The Morgan fingerprint density at radius 3 is 2.75 bits per heavy atom. The number of allylic oxidation sites excluding steroid dienone is 1. The number of esters is 1. The van der Waals surface area contributed by atoms with E-state index in [1.165, 1.54) is 13.3 Å². The fourth-order valence-electron chi connectivity index (χ4n) is 4.91. The van der Waals surface area contributed by atoms with Gasteiger partial charge in [0.2, 0.25) is 5.69 Å². The molecule has 0 saturated heterocycles. The van der Waals surface area contributed by atoms with Crippen LogP contribution in [0.3, 0.4) is 0 Å². The van der Waals surface area contributed by atoms with Gasteiger partial charge in [-0.05, 0) is 53.8 Å². The first-order chi connectivity index (χ1) is 17.3. The van der Waals surface area contributed by atoms with Gasteiger partial charge < -0.3 is 15.1 Å². The lowest BCUT2D eigenvalue weighted by Gasteiger charge is -2.23. The number of carbonyl (C=O) groups is 1. The zero-order chi connectivity index (χ0) is 25.4. The van der Waals surface area contributed by atoms with E-state index in [0.29, 0.717) is 51.4 Å². The summed E-state index contributed by atoms with van der Waals surface area (Å²) >= 11 is 6.14. The average molecular weight is 500 g/mol. The van der Waals surface area contributed by atoms with Crippen molar-refractivity contribution in [3.63, 3.8) is 0 Å². The Morgan fingerprint density at radius 2 is 2.03 bits per heavy atom. The average Bonchev–Trinajstić information content (AvgIpc) is 3.51. The van der Waals surface area contributed by atoms with Gasteiger partial charge in [0.1, 0.15) is 0 Å². The highest BCUT2D eigenvalue weighted by molar-refractivity contribution is 6.30. The minimum absolute atomic E-state index is 0.199. The molecule has 0 unspecified atom stereocenters. The van der Waals surface area contributed by atoms with Crippen LogP contribution in [0.25, 0.3) is 16.7 Å². The van der Waals surface area contributed by atoms with E-state index in [-0.39, 0.29) is 18.1 Å². The molecule has 8 heteroatoms. The van der Waals surface area contributed by atoms with Crippen molar-refractivity contribution in [2.75, 3.05) is 7.11 Å². The number of methoxy groups -OCH3 is 1. The molecule has 0 bridgehead atoms. The topological polar surface area (TPSA) is 110 Å². The van der Waals surface area contributed by atoms with E-state index in [1.807, 2.05) is 30.3 Å². The van der Waals surface area contributed by atoms with Gasteiger partial charge in [0.25, 0.3) is 0 Å². The lowest BCUT2D eigenvalue weighted by atomic mass is 9.89. The van der Waals surface area contributed by atoms with E-state index >= 15 is 0 Å². The van der Waals surface area contributed by atoms with Crippen LogP contribution in [0.15, 0.2) is 65.9 Å². The number of hydrogen-bond donors (Lipinski definition) is 1. The third kappa shape index (κ3) is 4.15. The number of halogens is 1. The van der Waals surface area contributed by atoms with Crippen LogP contribution >= 0.6 is 11.6 Å². The molecule has 180 valence electrons. The van der Waals surface area contributed by atoms with Crippen LogP contribution < -0.4 is 4.73 Å². The molecule has 0 amide bonds.